The van der Waals surface area contributed by atoms with Gasteiger partial charge in [-0.1, -0.05) is 36.4 Å². The number of likely N-dealkylation sites (tertiary alicyclic amines) is 1. The topological polar surface area (TPSA) is 67.9 Å². The first-order valence-electron chi connectivity index (χ1n) is 8.89. The molecule has 2 amide bonds. The number of carbonyl (C=O) groups is 2. The van der Waals surface area contributed by atoms with E-state index in [0.29, 0.717) is 6.54 Å². The maximum absolute atomic E-state index is 12.4. The zero-order valence-electron chi connectivity index (χ0n) is 15.7. The Bertz CT molecular complexity index is 624. The second-order valence-electron chi connectivity index (χ2n) is 7.35. The number of hydrogen-bond acceptors (Lipinski definition) is 4. The zero-order valence-corrected chi connectivity index (χ0v) is 15.7. The normalized spacial score (nSPS) is 20.2. The van der Waals surface area contributed by atoms with Crippen LogP contribution in [0.2, 0.25) is 0 Å². The van der Waals surface area contributed by atoms with Crippen LogP contribution in [-0.2, 0) is 16.1 Å². The first-order chi connectivity index (χ1) is 12.3. The van der Waals surface area contributed by atoms with Gasteiger partial charge in [0.25, 0.3) is 0 Å². The SMILES string of the molecule is C=C[C@H]1[C@@H](NC(=O)OCc2ccccc2)CCCN1C(=O)OC(C)(C)C. The summed E-state index contributed by atoms with van der Waals surface area (Å²) in [5, 5.41) is 2.86. The predicted octanol–water partition coefficient (Wildman–Crippen LogP) is 3.87. The third-order valence-electron chi connectivity index (χ3n) is 4.07. The molecule has 0 aliphatic carbocycles. The van der Waals surface area contributed by atoms with Crippen LogP contribution in [0.25, 0.3) is 0 Å². The minimum atomic E-state index is -0.572. The van der Waals surface area contributed by atoms with E-state index in [-0.39, 0.29) is 18.7 Å². The average Bonchev–Trinajstić information content (AvgIpc) is 2.59. The van der Waals surface area contributed by atoms with E-state index < -0.39 is 17.8 Å². The number of nitrogens with one attached hydrogen (secondary N) is 1. The summed E-state index contributed by atoms with van der Waals surface area (Å²) >= 11 is 0. The van der Waals surface area contributed by atoms with Gasteiger partial charge in [-0.2, -0.15) is 0 Å². The molecule has 1 aromatic rings. The van der Waals surface area contributed by atoms with Gasteiger partial charge in [-0.05, 0) is 39.2 Å². The van der Waals surface area contributed by atoms with Crippen LogP contribution in [0.4, 0.5) is 9.59 Å². The number of piperidine rings is 1. The van der Waals surface area contributed by atoms with E-state index in [1.807, 2.05) is 51.1 Å². The summed E-state index contributed by atoms with van der Waals surface area (Å²) in [6.07, 6.45) is 2.29. The van der Waals surface area contributed by atoms with Crippen molar-refractivity contribution in [3.8, 4) is 0 Å². The molecule has 26 heavy (non-hydrogen) atoms. The predicted molar refractivity (Wildman–Crippen MR) is 99.7 cm³/mol. The molecule has 0 aromatic heterocycles. The standard InChI is InChI=1S/C20H28N2O4/c1-5-17-16(12-9-13-22(17)19(24)26-20(2,3)4)21-18(23)25-14-15-10-7-6-8-11-15/h5-8,10-11,16-17H,1,9,12-14H2,2-4H3,(H,21,23)/t16-,17-/m0/s1. The number of carbonyl (C=O) groups excluding carboxylic acids is 2. The summed E-state index contributed by atoms with van der Waals surface area (Å²) in [5.41, 5.74) is 0.347. The number of rotatable bonds is 4. The molecule has 0 saturated carbocycles. The highest BCUT2D eigenvalue weighted by Gasteiger charge is 2.35. The Morgan fingerprint density at radius 3 is 2.62 bits per heavy atom. The van der Waals surface area contributed by atoms with E-state index in [1.165, 1.54) is 0 Å². The molecule has 1 heterocycles. The minimum Gasteiger partial charge on any atom is -0.445 e. The largest absolute Gasteiger partial charge is 0.445 e. The van der Waals surface area contributed by atoms with E-state index in [4.69, 9.17) is 9.47 Å². The first kappa shape index (κ1) is 19.8. The van der Waals surface area contributed by atoms with Crippen LogP contribution < -0.4 is 5.32 Å². The molecule has 2 atom stereocenters. The molecule has 1 saturated heterocycles. The minimum absolute atomic E-state index is 0.202. The van der Waals surface area contributed by atoms with Crippen molar-refractivity contribution < 1.29 is 19.1 Å². The van der Waals surface area contributed by atoms with E-state index in [2.05, 4.69) is 11.9 Å². The Kier molecular flexibility index (Phi) is 6.66. The lowest BCUT2D eigenvalue weighted by atomic mass is 9.96. The molecule has 1 aliphatic rings. The number of nitrogens with zero attached hydrogens (tertiary/aromatic N) is 1. The van der Waals surface area contributed by atoms with Gasteiger partial charge >= 0.3 is 12.2 Å². The van der Waals surface area contributed by atoms with E-state index in [9.17, 15) is 9.59 Å². The molecule has 1 aromatic carbocycles. The smallest absolute Gasteiger partial charge is 0.410 e. The van der Waals surface area contributed by atoms with Crippen molar-refractivity contribution in [2.45, 2.75) is 57.9 Å². The number of hydrogen-bond donors (Lipinski definition) is 1. The molecule has 0 radical (unpaired) electrons. The maximum Gasteiger partial charge on any atom is 0.410 e. The summed E-state index contributed by atoms with van der Waals surface area (Å²) in [6.45, 7) is 10.1. The fourth-order valence-electron chi connectivity index (χ4n) is 2.92. The fraction of sp³-hybridized carbons (Fsp3) is 0.500. The van der Waals surface area contributed by atoms with Crippen molar-refractivity contribution in [3.05, 3.63) is 48.6 Å². The molecule has 1 fully saturated rings. The highest BCUT2D eigenvalue weighted by atomic mass is 16.6. The first-order valence-corrected chi connectivity index (χ1v) is 8.89. The van der Waals surface area contributed by atoms with Gasteiger partial charge in [-0.15, -0.1) is 6.58 Å². The van der Waals surface area contributed by atoms with Gasteiger partial charge < -0.3 is 14.8 Å². The lowest BCUT2D eigenvalue weighted by Gasteiger charge is -2.40. The van der Waals surface area contributed by atoms with Gasteiger partial charge in [0.15, 0.2) is 0 Å². The summed E-state index contributed by atoms with van der Waals surface area (Å²) < 4.78 is 10.7. The van der Waals surface area contributed by atoms with E-state index in [1.54, 1.807) is 11.0 Å². The third kappa shape index (κ3) is 5.79. The van der Waals surface area contributed by atoms with Crippen LogP contribution in [0, 0.1) is 0 Å². The van der Waals surface area contributed by atoms with Gasteiger partial charge in [-0.3, -0.25) is 4.90 Å². The van der Waals surface area contributed by atoms with Gasteiger partial charge in [0, 0.05) is 6.54 Å². The van der Waals surface area contributed by atoms with Gasteiger partial charge in [0.05, 0.1) is 12.1 Å². The van der Waals surface area contributed by atoms with Gasteiger partial charge in [-0.25, -0.2) is 9.59 Å². The number of amides is 2. The molecule has 1 N–H and O–H groups in total. The monoisotopic (exact) mass is 360 g/mol. The lowest BCUT2D eigenvalue weighted by Crippen LogP contribution is -2.57. The van der Waals surface area contributed by atoms with Crippen molar-refractivity contribution in [2.24, 2.45) is 0 Å². The Morgan fingerprint density at radius 2 is 2.00 bits per heavy atom. The Hall–Kier alpha value is -2.50. The zero-order chi connectivity index (χ0) is 19.2. The Balaban J connectivity index is 1.93. The number of benzene rings is 1. The second kappa shape index (κ2) is 8.74. The second-order valence-corrected chi connectivity index (χ2v) is 7.35. The molecule has 0 spiro atoms. The third-order valence-corrected chi connectivity index (χ3v) is 4.07. The summed E-state index contributed by atoms with van der Waals surface area (Å²) in [7, 11) is 0. The highest BCUT2D eigenvalue weighted by molar-refractivity contribution is 5.70. The maximum atomic E-state index is 12.4. The molecule has 2 rings (SSSR count). The quantitative estimate of drug-likeness (QED) is 0.828. The molecule has 0 bridgehead atoms. The van der Waals surface area contributed by atoms with Crippen molar-refractivity contribution in [2.75, 3.05) is 6.54 Å². The summed E-state index contributed by atoms with van der Waals surface area (Å²) in [4.78, 5) is 26.2. The summed E-state index contributed by atoms with van der Waals surface area (Å²) in [6, 6.07) is 8.90. The highest BCUT2D eigenvalue weighted by Crippen LogP contribution is 2.22. The van der Waals surface area contributed by atoms with Crippen molar-refractivity contribution in [1.82, 2.24) is 10.2 Å². The number of ether oxygens (including phenoxy) is 2. The summed E-state index contributed by atoms with van der Waals surface area (Å²) in [5.74, 6) is 0. The van der Waals surface area contributed by atoms with Crippen molar-refractivity contribution in [3.63, 3.8) is 0 Å². The van der Waals surface area contributed by atoms with Crippen molar-refractivity contribution >= 4 is 12.2 Å². The molecular formula is C20H28N2O4. The van der Waals surface area contributed by atoms with Crippen LogP contribution in [0.1, 0.15) is 39.2 Å². The molecule has 142 valence electrons. The lowest BCUT2D eigenvalue weighted by molar-refractivity contribution is 0.0103. The molecular weight excluding hydrogens is 332 g/mol. The van der Waals surface area contributed by atoms with E-state index in [0.717, 1.165) is 18.4 Å². The van der Waals surface area contributed by atoms with Crippen LogP contribution in [0.15, 0.2) is 43.0 Å². The number of alkyl carbamates (subject to hydrolysis) is 1. The van der Waals surface area contributed by atoms with E-state index >= 15 is 0 Å². The Labute approximate surface area is 155 Å². The van der Waals surface area contributed by atoms with Gasteiger partial charge in [0.1, 0.15) is 12.2 Å². The van der Waals surface area contributed by atoms with Crippen molar-refractivity contribution in [1.29, 1.82) is 0 Å². The molecule has 1 aliphatic heterocycles. The average molecular weight is 360 g/mol. The Morgan fingerprint density at radius 1 is 1.31 bits per heavy atom. The van der Waals surface area contributed by atoms with Crippen LogP contribution in [0.3, 0.4) is 0 Å². The van der Waals surface area contributed by atoms with Crippen LogP contribution >= 0.6 is 0 Å². The molecule has 0 unspecified atom stereocenters. The molecule has 6 heteroatoms. The van der Waals surface area contributed by atoms with Crippen LogP contribution in [0.5, 0.6) is 0 Å². The van der Waals surface area contributed by atoms with Gasteiger partial charge in [0.2, 0.25) is 0 Å². The molecule has 6 nitrogen and oxygen atoms in total. The fourth-order valence-corrected chi connectivity index (χ4v) is 2.92. The van der Waals surface area contributed by atoms with Crippen LogP contribution in [-0.4, -0.2) is 41.3 Å².